The highest BCUT2D eigenvalue weighted by Gasteiger charge is 2.51. The molecule has 2 atom stereocenters. The lowest BCUT2D eigenvalue weighted by molar-refractivity contribution is -0.408. The Bertz CT molecular complexity index is 749. The molecule has 0 aromatic carbocycles. The fraction of sp³-hybridized carbons (Fsp3) is 0.611. The van der Waals surface area contributed by atoms with E-state index in [1.165, 1.54) is 18.7 Å². The fourth-order valence-electron chi connectivity index (χ4n) is 3.51. The molecule has 3 aliphatic rings. The first-order valence-electron chi connectivity index (χ1n) is 9.13. The minimum Gasteiger partial charge on any atom is -0.499 e. The van der Waals surface area contributed by atoms with Gasteiger partial charge in [-0.1, -0.05) is 6.92 Å². The molecule has 1 fully saturated rings. The number of allylic oxidation sites excluding steroid dienone is 1. The number of amides is 4. The van der Waals surface area contributed by atoms with Crippen molar-refractivity contribution in [1.82, 2.24) is 10.2 Å². The molecule has 3 aliphatic heterocycles. The minimum atomic E-state index is -0.816. The van der Waals surface area contributed by atoms with Gasteiger partial charge in [0.15, 0.2) is 12.5 Å². The number of nitrogens with zero attached hydrogens (tertiary/aromatic N) is 3. The van der Waals surface area contributed by atoms with E-state index in [-0.39, 0.29) is 12.6 Å². The molecule has 0 aliphatic carbocycles. The Kier molecular flexibility index (Phi) is 5.69. The Hall–Kier alpha value is -2.55. The summed E-state index contributed by atoms with van der Waals surface area (Å²) < 4.78 is 12.2. The summed E-state index contributed by atoms with van der Waals surface area (Å²) in [7, 11) is 3.03. The van der Waals surface area contributed by atoms with Crippen LogP contribution in [0.2, 0.25) is 0 Å². The summed E-state index contributed by atoms with van der Waals surface area (Å²) in [6, 6.07) is -0.578. The molecule has 3 rings (SSSR count). The van der Waals surface area contributed by atoms with Crippen LogP contribution < -0.4 is 5.32 Å². The second-order valence-electron chi connectivity index (χ2n) is 6.70. The van der Waals surface area contributed by atoms with E-state index in [2.05, 4.69) is 10.3 Å². The van der Waals surface area contributed by atoms with E-state index in [1.807, 2.05) is 6.92 Å². The first-order valence-corrected chi connectivity index (χ1v) is 9.13. The second-order valence-corrected chi connectivity index (χ2v) is 6.70. The highest BCUT2D eigenvalue weighted by molar-refractivity contribution is 6.16. The van der Waals surface area contributed by atoms with Crippen LogP contribution in [0.4, 0.5) is 4.79 Å². The summed E-state index contributed by atoms with van der Waals surface area (Å²) in [5.41, 5.74) is 0.796. The van der Waals surface area contributed by atoms with Crippen LogP contribution in [0.25, 0.3) is 0 Å². The molecule has 1 saturated heterocycles. The zero-order chi connectivity index (χ0) is 19.6. The number of urea groups is 1. The number of rotatable bonds is 6. The van der Waals surface area contributed by atoms with Gasteiger partial charge < -0.3 is 14.8 Å². The van der Waals surface area contributed by atoms with Crippen LogP contribution >= 0.6 is 0 Å². The molecular weight excluding hydrogens is 352 g/mol. The number of hydrogen-bond donors (Lipinski definition) is 1. The van der Waals surface area contributed by atoms with Gasteiger partial charge in [0.1, 0.15) is 12.0 Å². The average Bonchev–Trinajstić information content (AvgIpc) is 3.20. The predicted octanol–water partition coefficient (Wildman–Crippen LogP) is 0.296. The third-order valence-corrected chi connectivity index (χ3v) is 5.02. The van der Waals surface area contributed by atoms with Crippen molar-refractivity contribution in [3.8, 4) is 0 Å². The van der Waals surface area contributed by atoms with Crippen LogP contribution in [-0.4, -0.2) is 79.3 Å². The fourth-order valence-corrected chi connectivity index (χ4v) is 3.51. The maximum absolute atomic E-state index is 13.0. The monoisotopic (exact) mass is 377 g/mol. The molecule has 27 heavy (non-hydrogen) atoms. The van der Waals surface area contributed by atoms with Crippen molar-refractivity contribution in [1.29, 1.82) is 0 Å². The highest BCUT2D eigenvalue weighted by atomic mass is 16.5. The van der Waals surface area contributed by atoms with Crippen LogP contribution in [-0.2, 0) is 19.1 Å². The molecule has 0 saturated carbocycles. The summed E-state index contributed by atoms with van der Waals surface area (Å²) in [4.78, 5) is 43.1. The van der Waals surface area contributed by atoms with Crippen molar-refractivity contribution in [3.63, 3.8) is 0 Å². The number of carbonyl (C=O) groups excluding carboxylic acids is 3. The summed E-state index contributed by atoms with van der Waals surface area (Å²) in [5, 5.41) is 2.74. The number of hydrogen-bond acceptors (Lipinski definition) is 6. The minimum absolute atomic E-state index is 0.00728. The summed E-state index contributed by atoms with van der Waals surface area (Å²) >= 11 is 0. The maximum Gasteiger partial charge on any atom is 0.446 e. The molecule has 3 heterocycles. The van der Waals surface area contributed by atoms with Gasteiger partial charge in [0.05, 0.1) is 20.3 Å². The van der Waals surface area contributed by atoms with E-state index in [0.717, 1.165) is 23.3 Å². The number of carbonyl (C=O) groups is 3. The van der Waals surface area contributed by atoms with Crippen LogP contribution in [0.1, 0.15) is 26.2 Å². The van der Waals surface area contributed by atoms with Gasteiger partial charge in [-0.05, 0) is 19.3 Å². The van der Waals surface area contributed by atoms with Crippen LogP contribution in [0, 0.1) is 5.92 Å². The summed E-state index contributed by atoms with van der Waals surface area (Å²) in [6.45, 7) is 2.66. The number of amidine groups is 1. The van der Waals surface area contributed by atoms with Gasteiger partial charge in [0, 0.05) is 18.7 Å². The zero-order valence-electron chi connectivity index (χ0n) is 15.9. The Balaban J connectivity index is 1.77. The molecule has 4 amide bonds. The van der Waals surface area contributed by atoms with E-state index in [4.69, 9.17) is 9.47 Å². The SMILES string of the molecule is CCC1=C(OC)C2C(=O)N(CC(=O)NCC3CCCO3)C(=O)[N+](C)=C2N=C1. The molecule has 0 aromatic rings. The molecule has 0 aromatic heterocycles. The number of nitrogens with one attached hydrogen (secondary N) is 1. The van der Waals surface area contributed by atoms with E-state index < -0.39 is 23.8 Å². The predicted molar refractivity (Wildman–Crippen MR) is 96.6 cm³/mol. The Morgan fingerprint density at radius 1 is 1.48 bits per heavy atom. The van der Waals surface area contributed by atoms with Crippen LogP contribution in [0.5, 0.6) is 0 Å². The highest BCUT2D eigenvalue weighted by Crippen LogP contribution is 2.28. The van der Waals surface area contributed by atoms with Gasteiger partial charge in [-0.3, -0.25) is 9.59 Å². The van der Waals surface area contributed by atoms with E-state index in [9.17, 15) is 14.4 Å². The van der Waals surface area contributed by atoms with Crippen molar-refractivity contribution < 1.29 is 28.4 Å². The number of dihydropyridines is 1. The number of imide groups is 1. The topological polar surface area (TPSA) is 100 Å². The number of aliphatic imine (C=N–C) groups is 1. The summed E-state index contributed by atoms with van der Waals surface area (Å²) in [6.07, 6.45) is 4.12. The Labute approximate surface area is 157 Å². The second kappa shape index (κ2) is 7.99. The Morgan fingerprint density at radius 3 is 2.89 bits per heavy atom. The number of ether oxygens (including phenoxy) is 2. The molecule has 1 N–H and O–H groups in total. The average molecular weight is 377 g/mol. The van der Waals surface area contributed by atoms with Crippen molar-refractivity contribution in [3.05, 3.63) is 11.3 Å². The van der Waals surface area contributed by atoms with Crippen LogP contribution in [0.3, 0.4) is 0 Å². The van der Waals surface area contributed by atoms with Crippen LogP contribution in [0.15, 0.2) is 16.3 Å². The summed E-state index contributed by atoms with van der Waals surface area (Å²) in [5.74, 6) is -0.933. The lowest BCUT2D eigenvalue weighted by Gasteiger charge is -2.29. The third-order valence-electron chi connectivity index (χ3n) is 5.02. The van der Waals surface area contributed by atoms with E-state index in [0.29, 0.717) is 31.2 Å². The molecule has 9 heteroatoms. The molecule has 146 valence electrons. The number of methoxy groups -OCH3 is 1. The molecule has 9 nitrogen and oxygen atoms in total. The van der Waals surface area contributed by atoms with Gasteiger partial charge in [0.25, 0.3) is 11.7 Å². The molecule has 0 spiro atoms. The molecule has 0 radical (unpaired) electrons. The lowest BCUT2D eigenvalue weighted by Crippen LogP contribution is -2.57. The van der Waals surface area contributed by atoms with Crippen molar-refractivity contribution >= 4 is 29.9 Å². The zero-order valence-corrected chi connectivity index (χ0v) is 15.9. The first-order chi connectivity index (χ1) is 13.0. The molecule has 0 bridgehead atoms. The van der Waals surface area contributed by atoms with E-state index >= 15 is 0 Å². The van der Waals surface area contributed by atoms with Crippen molar-refractivity contribution in [2.45, 2.75) is 32.3 Å². The van der Waals surface area contributed by atoms with Gasteiger partial charge in [-0.15, -0.1) is 4.99 Å². The van der Waals surface area contributed by atoms with Gasteiger partial charge in [-0.2, -0.15) is 9.48 Å². The normalized spacial score (nSPS) is 25.2. The van der Waals surface area contributed by atoms with E-state index in [1.54, 1.807) is 6.21 Å². The third kappa shape index (κ3) is 3.64. The van der Waals surface area contributed by atoms with Crippen molar-refractivity contribution in [2.75, 3.05) is 33.9 Å². The van der Waals surface area contributed by atoms with Gasteiger partial charge >= 0.3 is 11.9 Å². The van der Waals surface area contributed by atoms with Gasteiger partial charge in [-0.25, -0.2) is 4.79 Å². The quantitative estimate of drug-likeness (QED) is 0.671. The standard InChI is InChI=1S/C18H24N4O5/c1-4-11-8-20-16-14(15(11)26-3)17(24)22(18(25)21(16)2)10-13(23)19-9-12-6-5-7-27-12/h8,12,14H,4-7,9-10H2,1-3H3/p+1. The largest absolute Gasteiger partial charge is 0.499 e. The Morgan fingerprint density at radius 2 is 2.26 bits per heavy atom. The first kappa shape index (κ1) is 19.2. The van der Waals surface area contributed by atoms with Gasteiger partial charge in [0.2, 0.25) is 0 Å². The van der Waals surface area contributed by atoms with Crippen molar-refractivity contribution in [2.24, 2.45) is 10.9 Å². The maximum atomic E-state index is 13.0. The lowest BCUT2D eigenvalue weighted by atomic mass is 9.94. The molecular formula is C18H25N4O5+. The molecule has 2 unspecified atom stereocenters. The number of fused-ring (bicyclic) bond motifs is 1. The smallest absolute Gasteiger partial charge is 0.446 e.